The lowest BCUT2D eigenvalue weighted by Gasteiger charge is -2.09. The molecule has 2 aromatic rings. The number of carbonyl (C=O) groups excluding carboxylic acids is 1. The molecule has 1 aromatic heterocycles. The molecule has 18 heavy (non-hydrogen) atoms. The molecule has 94 valence electrons. The molecule has 1 heterocycles. The van der Waals surface area contributed by atoms with Crippen molar-refractivity contribution in [2.45, 2.75) is 6.92 Å². The predicted molar refractivity (Wildman–Crippen MR) is 68.7 cm³/mol. The fourth-order valence-corrected chi connectivity index (χ4v) is 1.63. The molecule has 0 radical (unpaired) electrons. The van der Waals surface area contributed by atoms with Crippen LogP contribution in [0.1, 0.15) is 16.1 Å². The Kier molecular flexibility index (Phi) is 3.18. The first kappa shape index (κ1) is 12.0. The SMILES string of the molecule is COc1c(N)cccc1C(=O)Nc1cc(C)[nH]n1. The van der Waals surface area contributed by atoms with Crippen LogP contribution in [-0.4, -0.2) is 23.2 Å². The fraction of sp³-hybridized carbons (Fsp3) is 0.167. The Morgan fingerprint density at radius 3 is 2.89 bits per heavy atom. The number of hydrogen-bond donors (Lipinski definition) is 3. The second-order valence-electron chi connectivity index (χ2n) is 3.82. The van der Waals surface area contributed by atoms with Gasteiger partial charge in [-0.1, -0.05) is 6.07 Å². The zero-order chi connectivity index (χ0) is 13.1. The molecule has 0 fully saturated rings. The highest BCUT2D eigenvalue weighted by Gasteiger charge is 2.15. The number of aryl methyl sites for hydroxylation is 1. The number of nitrogens with two attached hydrogens (primary N) is 1. The molecule has 0 unspecified atom stereocenters. The Labute approximate surface area is 104 Å². The molecule has 0 bridgehead atoms. The molecule has 4 N–H and O–H groups in total. The number of nitrogens with zero attached hydrogens (tertiary/aromatic N) is 1. The third kappa shape index (κ3) is 2.27. The van der Waals surface area contributed by atoms with Crippen molar-refractivity contribution in [3.63, 3.8) is 0 Å². The van der Waals surface area contributed by atoms with E-state index in [0.29, 0.717) is 22.8 Å². The Balaban J connectivity index is 2.26. The van der Waals surface area contributed by atoms with Crippen LogP contribution in [0.2, 0.25) is 0 Å². The van der Waals surface area contributed by atoms with Gasteiger partial charge in [-0.15, -0.1) is 0 Å². The highest BCUT2D eigenvalue weighted by molar-refractivity contribution is 6.06. The number of nitrogen functional groups attached to an aromatic ring is 1. The van der Waals surface area contributed by atoms with Crippen LogP contribution in [0.25, 0.3) is 0 Å². The Morgan fingerprint density at radius 1 is 1.50 bits per heavy atom. The number of amides is 1. The fourth-order valence-electron chi connectivity index (χ4n) is 1.63. The van der Waals surface area contributed by atoms with Gasteiger partial charge in [0.15, 0.2) is 11.6 Å². The molecule has 0 saturated carbocycles. The minimum absolute atomic E-state index is 0.314. The van der Waals surface area contributed by atoms with Crippen molar-refractivity contribution in [2.24, 2.45) is 0 Å². The third-order valence-corrected chi connectivity index (χ3v) is 2.44. The third-order valence-electron chi connectivity index (χ3n) is 2.44. The Bertz CT molecular complexity index is 577. The molecular formula is C12H14N4O2. The molecule has 2 rings (SSSR count). The van der Waals surface area contributed by atoms with E-state index < -0.39 is 0 Å². The predicted octanol–water partition coefficient (Wildman–Crippen LogP) is 1.56. The summed E-state index contributed by atoms with van der Waals surface area (Å²) in [5.74, 6) is 0.509. The van der Waals surface area contributed by atoms with Crippen LogP contribution in [0.15, 0.2) is 24.3 Å². The molecule has 0 atom stereocenters. The average molecular weight is 246 g/mol. The van der Waals surface area contributed by atoms with Crippen LogP contribution >= 0.6 is 0 Å². The number of para-hydroxylation sites is 1. The number of hydrogen-bond acceptors (Lipinski definition) is 4. The van der Waals surface area contributed by atoms with Gasteiger partial charge in [-0.05, 0) is 19.1 Å². The molecule has 6 nitrogen and oxygen atoms in total. The van der Waals surface area contributed by atoms with Crippen molar-refractivity contribution in [3.05, 3.63) is 35.5 Å². The number of carbonyl (C=O) groups is 1. The van der Waals surface area contributed by atoms with Crippen molar-refractivity contribution < 1.29 is 9.53 Å². The van der Waals surface area contributed by atoms with E-state index >= 15 is 0 Å². The second-order valence-corrected chi connectivity index (χ2v) is 3.82. The molecule has 0 aliphatic carbocycles. The molecule has 0 saturated heterocycles. The van der Waals surface area contributed by atoms with Crippen LogP contribution in [-0.2, 0) is 0 Å². The van der Waals surface area contributed by atoms with Crippen LogP contribution in [0, 0.1) is 6.92 Å². The Morgan fingerprint density at radius 2 is 2.28 bits per heavy atom. The average Bonchev–Trinajstić information content (AvgIpc) is 2.74. The number of nitrogens with one attached hydrogen (secondary N) is 2. The largest absolute Gasteiger partial charge is 0.494 e. The quantitative estimate of drug-likeness (QED) is 0.716. The minimum atomic E-state index is -0.314. The molecular weight excluding hydrogens is 232 g/mol. The van der Waals surface area contributed by atoms with Crippen LogP contribution < -0.4 is 15.8 Å². The highest BCUT2D eigenvalue weighted by Crippen LogP contribution is 2.26. The first-order valence-electron chi connectivity index (χ1n) is 5.37. The van der Waals surface area contributed by atoms with Gasteiger partial charge in [0.1, 0.15) is 0 Å². The van der Waals surface area contributed by atoms with E-state index in [1.807, 2.05) is 6.92 Å². The summed E-state index contributed by atoms with van der Waals surface area (Å²) < 4.78 is 5.13. The van der Waals surface area contributed by atoms with Crippen LogP contribution in [0.3, 0.4) is 0 Å². The lowest BCUT2D eigenvalue weighted by Crippen LogP contribution is -2.14. The van der Waals surface area contributed by atoms with E-state index in [1.165, 1.54) is 7.11 Å². The zero-order valence-corrected chi connectivity index (χ0v) is 10.2. The second kappa shape index (κ2) is 4.79. The van der Waals surface area contributed by atoms with Crippen molar-refractivity contribution in [3.8, 4) is 5.75 Å². The maximum Gasteiger partial charge on any atom is 0.260 e. The number of benzene rings is 1. The summed E-state index contributed by atoms with van der Waals surface area (Å²) in [5.41, 5.74) is 7.40. The van der Waals surface area contributed by atoms with Gasteiger partial charge in [-0.3, -0.25) is 9.89 Å². The number of H-pyrrole nitrogens is 1. The minimum Gasteiger partial charge on any atom is -0.494 e. The van der Waals surface area contributed by atoms with Crippen molar-refractivity contribution in [1.82, 2.24) is 10.2 Å². The maximum absolute atomic E-state index is 12.1. The van der Waals surface area contributed by atoms with Gasteiger partial charge in [-0.2, -0.15) is 5.10 Å². The van der Waals surface area contributed by atoms with E-state index in [2.05, 4.69) is 15.5 Å². The van der Waals surface area contributed by atoms with E-state index in [9.17, 15) is 4.79 Å². The first-order valence-corrected chi connectivity index (χ1v) is 5.37. The van der Waals surface area contributed by atoms with Crippen molar-refractivity contribution in [1.29, 1.82) is 0 Å². The van der Waals surface area contributed by atoms with Crippen LogP contribution in [0.5, 0.6) is 5.75 Å². The van der Waals surface area contributed by atoms with E-state index in [-0.39, 0.29) is 5.91 Å². The van der Waals surface area contributed by atoms with Gasteiger partial charge < -0.3 is 15.8 Å². The van der Waals surface area contributed by atoms with E-state index in [1.54, 1.807) is 24.3 Å². The van der Waals surface area contributed by atoms with Gasteiger partial charge in [0.2, 0.25) is 0 Å². The van der Waals surface area contributed by atoms with Crippen molar-refractivity contribution >= 4 is 17.4 Å². The number of methoxy groups -OCH3 is 1. The zero-order valence-electron chi connectivity index (χ0n) is 10.2. The standard InChI is InChI=1S/C12H14N4O2/c1-7-6-10(16-15-7)14-12(17)8-4-3-5-9(13)11(8)18-2/h3-6H,13H2,1-2H3,(H2,14,15,16,17). The van der Waals surface area contributed by atoms with Gasteiger partial charge in [-0.25, -0.2) is 0 Å². The lowest BCUT2D eigenvalue weighted by molar-refractivity contribution is 0.102. The summed E-state index contributed by atoms with van der Waals surface area (Å²) >= 11 is 0. The molecule has 1 amide bonds. The van der Waals surface area contributed by atoms with E-state index in [4.69, 9.17) is 10.5 Å². The molecule has 0 aliphatic heterocycles. The van der Waals surface area contributed by atoms with Crippen LogP contribution in [0.4, 0.5) is 11.5 Å². The van der Waals surface area contributed by atoms with E-state index in [0.717, 1.165) is 5.69 Å². The lowest BCUT2D eigenvalue weighted by atomic mass is 10.1. The molecule has 6 heteroatoms. The number of aromatic amines is 1. The number of aromatic nitrogens is 2. The van der Waals surface area contributed by atoms with Gasteiger partial charge in [0.05, 0.1) is 18.4 Å². The number of ether oxygens (including phenoxy) is 1. The first-order chi connectivity index (χ1) is 8.61. The topological polar surface area (TPSA) is 93.0 Å². The van der Waals surface area contributed by atoms with Crippen molar-refractivity contribution in [2.75, 3.05) is 18.2 Å². The Hall–Kier alpha value is -2.50. The molecule has 1 aromatic carbocycles. The summed E-state index contributed by atoms with van der Waals surface area (Å²) in [7, 11) is 1.47. The molecule has 0 spiro atoms. The van der Waals surface area contributed by atoms with Gasteiger partial charge in [0, 0.05) is 11.8 Å². The maximum atomic E-state index is 12.1. The number of anilines is 2. The summed E-state index contributed by atoms with van der Waals surface area (Å²) in [5, 5.41) is 9.34. The van der Waals surface area contributed by atoms with Gasteiger partial charge in [0.25, 0.3) is 5.91 Å². The summed E-state index contributed by atoms with van der Waals surface area (Å²) in [6.07, 6.45) is 0. The summed E-state index contributed by atoms with van der Waals surface area (Å²) in [6.45, 7) is 1.85. The highest BCUT2D eigenvalue weighted by atomic mass is 16.5. The smallest absolute Gasteiger partial charge is 0.260 e. The number of rotatable bonds is 3. The summed E-state index contributed by atoms with van der Waals surface area (Å²) in [6, 6.07) is 6.75. The molecule has 0 aliphatic rings. The van der Waals surface area contributed by atoms with Gasteiger partial charge >= 0.3 is 0 Å². The normalized spacial score (nSPS) is 10.1. The monoisotopic (exact) mass is 246 g/mol. The summed E-state index contributed by atoms with van der Waals surface area (Å²) in [4.78, 5) is 12.1.